The van der Waals surface area contributed by atoms with Crippen LogP contribution in [0, 0.1) is 0 Å². The lowest BCUT2D eigenvalue weighted by molar-refractivity contribution is 0.0524. The van der Waals surface area contributed by atoms with Gasteiger partial charge in [-0.15, -0.1) is 12.4 Å². The minimum absolute atomic E-state index is 0. The molecule has 0 amide bonds. The van der Waals surface area contributed by atoms with Crippen LogP contribution in [0.2, 0.25) is 0 Å². The summed E-state index contributed by atoms with van der Waals surface area (Å²) >= 11 is 0. The van der Waals surface area contributed by atoms with Crippen molar-refractivity contribution in [3.63, 3.8) is 0 Å². The number of carbonyl (C=O) groups excluding carboxylic acids is 1. The molecule has 78 valence electrons. The predicted molar refractivity (Wildman–Crippen MR) is 55.3 cm³/mol. The van der Waals surface area contributed by atoms with Gasteiger partial charge in [0.2, 0.25) is 0 Å². The number of pyridine rings is 1. The highest BCUT2D eigenvalue weighted by atomic mass is 35.5. The standard InChI is InChI=1S/C9H12N2O2.ClH/c1-2-13-9(12)7-4-3-5-11-8(7)6-10;/h3-5H,2,6,10H2,1H3;1H. The summed E-state index contributed by atoms with van der Waals surface area (Å²) in [6, 6.07) is 3.35. The van der Waals surface area contributed by atoms with E-state index in [1.807, 2.05) is 0 Å². The van der Waals surface area contributed by atoms with Gasteiger partial charge < -0.3 is 10.5 Å². The van der Waals surface area contributed by atoms with Gasteiger partial charge in [0, 0.05) is 12.7 Å². The van der Waals surface area contributed by atoms with E-state index in [4.69, 9.17) is 10.5 Å². The number of carbonyl (C=O) groups is 1. The quantitative estimate of drug-likeness (QED) is 0.770. The van der Waals surface area contributed by atoms with E-state index in [0.717, 1.165) is 0 Å². The highest BCUT2D eigenvalue weighted by Gasteiger charge is 2.10. The summed E-state index contributed by atoms with van der Waals surface area (Å²) in [5, 5.41) is 0. The maximum atomic E-state index is 11.3. The van der Waals surface area contributed by atoms with E-state index in [1.165, 1.54) is 0 Å². The van der Waals surface area contributed by atoms with Gasteiger partial charge >= 0.3 is 5.97 Å². The third-order valence-electron chi connectivity index (χ3n) is 1.58. The highest BCUT2D eigenvalue weighted by Crippen LogP contribution is 2.05. The number of rotatable bonds is 3. The van der Waals surface area contributed by atoms with Crippen LogP contribution in [-0.4, -0.2) is 17.6 Å². The molecule has 0 aliphatic heterocycles. The lowest BCUT2D eigenvalue weighted by Gasteiger charge is -2.04. The molecule has 0 bridgehead atoms. The monoisotopic (exact) mass is 216 g/mol. The van der Waals surface area contributed by atoms with E-state index < -0.39 is 0 Å². The summed E-state index contributed by atoms with van der Waals surface area (Å²) in [4.78, 5) is 15.3. The lowest BCUT2D eigenvalue weighted by atomic mass is 10.2. The number of nitrogens with two attached hydrogens (primary N) is 1. The largest absolute Gasteiger partial charge is 0.462 e. The number of ether oxygens (including phenoxy) is 1. The molecule has 0 aliphatic carbocycles. The van der Waals surface area contributed by atoms with Crippen LogP contribution in [0.3, 0.4) is 0 Å². The first-order chi connectivity index (χ1) is 6.29. The van der Waals surface area contributed by atoms with E-state index >= 15 is 0 Å². The number of nitrogens with zero attached hydrogens (tertiary/aromatic N) is 1. The van der Waals surface area contributed by atoms with Crippen molar-refractivity contribution in [3.05, 3.63) is 29.6 Å². The van der Waals surface area contributed by atoms with Crippen molar-refractivity contribution >= 4 is 18.4 Å². The maximum absolute atomic E-state index is 11.3. The fourth-order valence-corrected chi connectivity index (χ4v) is 0.995. The van der Waals surface area contributed by atoms with Crippen molar-refractivity contribution < 1.29 is 9.53 Å². The van der Waals surface area contributed by atoms with Gasteiger partial charge in [0.1, 0.15) is 0 Å². The molecule has 1 rings (SSSR count). The van der Waals surface area contributed by atoms with Gasteiger partial charge in [-0.3, -0.25) is 4.98 Å². The van der Waals surface area contributed by atoms with Crippen molar-refractivity contribution in [1.29, 1.82) is 0 Å². The fraction of sp³-hybridized carbons (Fsp3) is 0.333. The average Bonchev–Trinajstić information content (AvgIpc) is 2.18. The Morgan fingerprint density at radius 1 is 1.64 bits per heavy atom. The molecule has 0 aromatic carbocycles. The zero-order valence-corrected chi connectivity index (χ0v) is 8.71. The Hall–Kier alpha value is -1.13. The Balaban J connectivity index is 0.00000169. The second-order valence-corrected chi connectivity index (χ2v) is 2.42. The van der Waals surface area contributed by atoms with Gasteiger partial charge in [-0.05, 0) is 19.1 Å². The van der Waals surface area contributed by atoms with Crippen molar-refractivity contribution in [2.24, 2.45) is 5.73 Å². The molecule has 0 saturated heterocycles. The third kappa shape index (κ3) is 2.97. The van der Waals surface area contributed by atoms with Crippen molar-refractivity contribution in [1.82, 2.24) is 4.98 Å². The van der Waals surface area contributed by atoms with Gasteiger partial charge in [0.05, 0.1) is 17.9 Å². The van der Waals surface area contributed by atoms with E-state index in [0.29, 0.717) is 17.9 Å². The Morgan fingerprint density at radius 2 is 2.36 bits per heavy atom. The molecule has 14 heavy (non-hydrogen) atoms. The second kappa shape index (κ2) is 6.34. The zero-order chi connectivity index (χ0) is 9.68. The maximum Gasteiger partial charge on any atom is 0.340 e. The Bertz CT molecular complexity index is 305. The number of hydrogen-bond donors (Lipinski definition) is 1. The van der Waals surface area contributed by atoms with Crippen LogP contribution in [0.1, 0.15) is 23.0 Å². The molecule has 0 atom stereocenters. The van der Waals surface area contributed by atoms with Crippen molar-refractivity contribution in [2.45, 2.75) is 13.5 Å². The second-order valence-electron chi connectivity index (χ2n) is 2.42. The summed E-state index contributed by atoms with van der Waals surface area (Å²) in [6.07, 6.45) is 1.60. The van der Waals surface area contributed by atoms with Gasteiger partial charge in [0.25, 0.3) is 0 Å². The van der Waals surface area contributed by atoms with Crippen LogP contribution in [0.25, 0.3) is 0 Å². The predicted octanol–water partition coefficient (Wildman–Crippen LogP) is 1.14. The minimum Gasteiger partial charge on any atom is -0.462 e. The van der Waals surface area contributed by atoms with Crippen molar-refractivity contribution in [3.8, 4) is 0 Å². The van der Waals surface area contributed by atoms with E-state index in [9.17, 15) is 4.79 Å². The average molecular weight is 217 g/mol. The van der Waals surface area contributed by atoms with E-state index in [-0.39, 0.29) is 24.9 Å². The third-order valence-corrected chi connectivity index (χ3v) is 1.58. The summed E-state index contributed by atoms with van der Waals surface area (Å²) in [6.45, 7) is 2.36. The lowest BCUT2D eigenvalue weighted by Crippen LogP contribution is -2.11. The smallest absolute Gasteiger partial charge is 0.340 e. The molecule has 1 aromatic heterocycles. The Labute approximate surface area is 88.9 Å². The molecule has 0 radical (unpaired) electrons. The topological polar surface area (TPSA) is 65.2 Å². The number of hydrogen-bond acceptors (Lipinski definition) is 4. The SMILES string of the molecule is CCOC(=O)c1cccnc1CN.Cl. The van der Waals surface area contributed by atoms with Crippen LogP contribution >= 0.6 is 12.4 Å². The van der Waals surface area contributed by atoms with Crippen LogP contribution in [0.4, 0.5) is 0 Å². The zero-order valence-electron chi connectivity index (χ0n) is 7.90. The molecule has 5 heteroatoms. The molecular formula is C9H13ClN2O2. The Kier molecular flexibility index (Phi) is 5.83. The highest BCUT2D eigenvalue weighted by molar-refractivity contribution is 5.90. The Morgan fingerprint density at radius 3 is 2.93 bits per heavy atom. The van der Waals surface area contributed by atoms with Crippen molar-refractivity contribution in [2.75, 3.05) is 6.61 Å². The number of halogens is 1. The van der Waals surface area contributed by atoms with Crippen LogP contribution in [-0.2, 0) is 11.3 Å². The summed E-state index contributed by atoms with van der Waals surface area (Å²) in [7, 11) is 0. The molecule has 0 unspecified atom stereocenters. The number of aromatic nitrogens is 1. The first kappa shape index (κ1) is 12.9. The molecule has 1 heterocycles. The molecule has 4 nitrogen and oxygen atoms in total. The molecule has 0 spiro atoms. The van der Waals surface area contributed by atoms with Crippen LogP contribution in [0.5, 0.6) is 0 Å². The first-order valence-electron chi connectivity index (χ1n) is 4.10. The summed E-state index contributed by atoms with van der Waals surface area (Å²) < 4.78 is 4.84. The van der Waals surface area contributed by atoms with Crippen LogP contribution < -0.4 is 5.73 Å². The molecule has 1 aromatic rings. The first-order valence-corrected chi connectivity index (χ1v) is 4.10. The van der Waals surface area contributed by atoms with E-state index in [1.54, 1.807) is 25.3 Å². The molecule has 0 fully saturated rings. The fourth-order valence-electron chi connectivity index (χ4n) is 0.995. The molecular weight excluding hydrogens is 204 g/mol. The van der Waals surface area contributed by atoms with Gasteiger partial charge in [0.15, 0.2) is 0 Å². The van der Waals surface area contributed by atoms with E-state index in [2.05, 4.69) is 4.98 Å². The normalized spacial score (nSPS) is 9.00. The number of esters is 1. The summed E-state index contributed by atoms with van der Waals surface area (Å²) in [5.41, 5.74) is 6.44. The molecule has 0 saturated carbocycles. The van der Waals surface area contributed by atoms with Gasteiger partial charge in [-0.25, -0.2) is 4.79 Å². The van der Waals surface area contributed by atoms with Crippen LogP contribution in [0.15, 0.2) is 18.3 Å². The minimum atomic E-state index is -0.365. The summed E-state index contributed by atoms with van der Waals surface area (Å²) in [5.74, 6) is -0.365. The molecule has 2 N–H and O–H groups in total. The van der Waals surface area contributed by atoms with Gasteiger partial charge in [-0.2, -0.15) is 0 Å². The molecule has 0 aliphatic rings. The van der Waals surface area contributed by atoms with Gasteiger partial charge in [-0.1, -0.05) is 0 Å².